The smallest absolute Gasteiger partial charge is 0.846 e. The summed E-state index contributed by atoms with van der Waals surface area (Å²) in [4.78, 5) is 26.1. The molecule has 1 rings (SSSR count). The second-order valence-electron chi connectivity index (χ2n) is 3.04. The van der Waals surface area contributed by atoms with Crippen LogP contribution in [0.3, 0.4) is 0 Å². The van der Waals surface area contributed by atoms with Crippen LogP contribution in [0.15, 0.2) is 4.99 Å². The minimum Gasteiger partial charge on any atom is -0.846 e. The van der Waals surface area contributed by atoms with Crippen molar-refractivity contribution in [1.29, 1.82) is 0 Å². The summed E-state index contributed by atoms with van der Waals surface area (Å²) in [6, 6.07) is -0.903. The number of aliphatic imine (C=N–C) groups is 1. The molecule has 1 N–H and O–H groups in total. The standard InChI is InChI=1S/C8H12N2O4.Na/c1-3-8(4-14-2)5(11)9-7(13)10-6(8)12;/h3-4H2,1-2H3,(H2,9,10,11,12,13);/q;+1/p-1. The largest absolute Gasteiger partial charge is 1.00 e. The van der Waals surface area contributed by atoms with Gasteiger partial charge >= 0.3 is 29.6 Å². The molecule has 0 fully saturated rings. The van der Waals surface area contributed by atoms with E-state index in [4.69, 9.17) is 4.74 Å². The van der Waals surface area contributed by atoms with Gasteiger partial charge in [0.2, 0.25) is 5.91 Å². The average molecular weight is 222 g/mol. The number of nitrogens with zero attached hydrogens (tertiary/aromatic N) is 1. The number of amides is 2. The molecule has 7 heteroatoms. The van der Waals surface area contributed by atoms with Crippen molar-refractivity contribution in [3.63, 3.8) is 0 Å². The van der Waals surface area contributed by atoms with E-state index >= 15 is 0 Å². The number of ether oxygens (including phenoxy) is 1. The third-order valence-electron chi connectivity index (χ3n) is 2.26. The van der Waals surface area contributed by atoms with E-state index in [-0.39, 0.29) is 42.6 Å². The molecule has 0 radical (unpaired) electrons. The second kappa shape index (κ2) is 5.60. The summed E-state index contributed by atoms with van der Waals surface area (Å²) in [5.74, 6) is -1.36. The minimum absolute atomic E-state index is 0. The number of carbonyl (C=O) groups excluding carboxylic acids is 2. The Morgan fingerprint density at radius 1 is 1.53 bits per heavy atom. The summed E-state index contributed by atoms with van der Waals surface area (Å²) in [5.41, 5.74) is -1.33. The Labute approximate surface area is 109 Å². The first-order chi connectivity index (χ1) is 6.56. The average Bonchev–Trinajstić information content (AvgIpc) is 2.11. The molecule has 1 heterocycles. The predicted molar refractivity (Wildman–Crippen MR) is 45.2 cm³/mol. The van der Waals surface area contributed by atoms with E-state index in [0.29, 0.717) is 0 Å². The van der Waals surface area contributed by atoms with E-state index in [1.54, 1.807) is 6.92 Å². The van der Waals surface area contributed by atoms with E-state index in [1.807, 2.05) is 5.32 Å². The monoisotopic (exact) mass is 222 g/mol. The zero-order chi connectivity index (χ0) is 10.8. The van der Waals surface area contributed by atoms with Crippen LogP contribution in [-0.2, 0) is 14.3 Å². The molecular formula is C8H11N2NaO4. The summed E-state index contributed by atoms with van der Waals surface area (Å²) in [5, 5.41) is 12.7. The first kappa shape index (κ1) is 14.6. The van der Waals surface area contributed by atoms with Gasteiger partial charge in [-0.05, 0) is 6.42 Å². The molecule has 1 atom stereocenters. The Kier molecular flexibility index (Phi) is 5.44. The molecule has 0 aromatic rings. The van der Waals surface area contributed by atoms with Crippen molar-refractivity contribution >= 4 is 17.8 Å². The molecule has 0 spiro atoms. The van der Waals surface area contributed by atoms with Crippen LogP contribution >= 0.6 is 0 Å². The summed E-state index contributed by atoms with van der Waals surface area (Å²) in [6.07, 6.45) is 0.252. The van der Waals surface area contributed by atoms with Gasteiger partial charge in [-0.25, -0.2) is 4.99 Å². The second-order valence-corrected chi connectivity index (χ2v) is 3.04. The van der Waals surface area contributed by atoms with Gasteiger partial charge in [0.05, 0.1) is 12.6 Å². The number of hydrogen-bond acceptors (Lipinski definition) is 4. The number of amidine groups is 1. The zero-order valence-electron chi connectivity index (χ0n) is 8.99. The van der Waals surface area contributed by atoms with Crippen molar-refractivity contribution in [1.82, 2.24) is 5.32 Å². The van der Waals surface area contributed by atoms with Gasteiger partial charge in [0.25, 0.3) is 5.91 Å². The number of carbonyl (C=O) groups is 2. The Morgan fingerprint density at radius 2 is 2.13 bits per heavy atom. The summed E-state index contributed by atoms with van der Waals surface area (Å²) in [6.45, 7) is 1.60. The van der Waals surface area contributed by atoms with Crippen molar-refractivity contribution in [3.8, 4) is 0 Å². The quantitative estimate of drug-likeness (QED) is 0.384. The SMILES string of the molecule is CCC1(COC)C(=O)N=C([O-])NC1=O.[Na+]. The van der Waals surface area contributed by atoms with Crippen LogP contribution in [0.1, 0.15) is 13.3 Å². The minimum atomic E-state index is -1.33. The molecule has 1 aliphatic heterocycles. The van der Waals surface area contributed by atoms with E-state index < -0.39 is 23.3 Å². The molecule has 78 valence electrons. The van der Waals surface area contributed by atoms with Crippen molar-refractivity contribution in [2.24, 2.45) is 10.4 Å². The maximum atomic E-state index is 11.5. The van der Waals surface area contributed by atoms with Gasteiger partial charge in [-0.1, -0.05) is 6.92 Å². The van der Waals surface area contributed by atoms with Gasteiger partial charge in [0.15, 0.2) is 5.41 Å². The van der Waals surface area contributed by atoms with Crippen molar-refractivity contribution in [3.05, 3.63) is 0 Å². The van der Waals surface area contributed by atoms with Crippen molar-refractivity contribution in [2.75, 3.05) is 13.7 Å². The molecule has 0 saturated carbocycles. The van der Waals surface area contributed by atoms with Crippen LogP contribution in [0.5, 0.6) is 0 Å². The predicted octanol–water partition coefficient (Wildman–Crippen LogP) is -4.59. The Hall–Kier alpha value is -0.430. The van der Waals surface area contributed by atoms with Crippen molar-refractivity contribution in [2.45, 2.75) is 13.3 Å². The first-order valence-electron chi connectivity index (χ1n) is 4.17. The topological polar surface area (TPSA) is 90.8 Å². The van der Waals surface area contributed by atoms with Crippen LogP contribution in [0.4, 0.5) is 0 Å². The fourth-order valence-electron chi connectivity index (χ4n) is 1.33. The van der Waals surface area contributed by atoms with Crippen LogP contribution in [0, 0.1) is 5.41 Å². The number of hydrogen-bond donors (Lipinski definition) is 1. The molecule has 0 bridgehead atoms. The molecule has 15 heavy (non-hydrogen) atoms. The molecule has 6 nitrogen and oxygen atoms in total. The van der Waals surface area contributed by atoms with Gasteiger partial charge in [-0.15, -0.1) is 0 Å². The van der Waals surface area contributed by atoms with E-state index in [0.717, 1.165) is 0 Å². The van der Waals surface area contributed by atoms with E-state index in [2.05, 4.69) is 4.99 Å². The van der Waals surface area contributed by atoms with Crippen LogP contribution in [-0.4, -0.2) is 31.6 Å². The molecule has 0 aromatic heterocycles. The van der Waals surface area contributed by atoms with E-state index in [9.17, 15) is 14.7 Å². The third-order valence-corrected chi connectivity index (χ3v) is 2.26. The summed E-state index contributed by atoms with van der Waals surface area (Å²) in [7, 11) is 1.38. The maximum absolute atomic E-state index is 11.5. The number of nitrogens with one attached hydrogen (secondary N) is 1. The fourth-order valence-corrected chi connectivity index (χ4v) is 1.33. The molecule has 0 aromatic carbocycles. The molecule has 1 unspecified atom stereocenters. The maximum Gasteiger partial charge on any atom is 1.00 e. The number of rotatable bonds is 3. The van der Waals surface area contributed by atoms with E-state index in [1.165, 1.54) is 7.11 Å². The van der Waals surface area contributed by atoms with Gasteiger partial charge in [-0.2, -0.15) is 0 Å². The molecular weight excluding hydrogens is 211 g/mol. The Balaban J connectivity index is 0.00000196. The van der Waals surface area contributed by atoms with Gasteiger partial charge in [0, 0.05) is 7.11 Å². The van der Waals surface area contributed by atoms with Gasteiger partial charge in [0.1, 0.15) is 0 Å². The van der Waals surface area contributed by atoms with Crippen molar-refractivity contribution < 1.29 is 49.0 Å². The van der Waals surface area contributed by atoms with Gasteiger partial charge in [-0.3, -0.25) is 9.59 Å². The molecule has 2 amide bonds. The zero-order valence-corrected chi connectivity index (χ0v) is 11.0. The Morgan fingerprint density at radius 3 is 2.53 bits per heavy atom. The summed E-state index contributed by atoms with van der Waals surface area (Å²) < 4.78 is 4.80. The number of methoxy groups -OCH3 is 1. The normalized spacial score (nSPS) is 25.3. The van der Waals surface area contributed by atoms with Gasteiger partial charge < -0.3 is 15.2 Å². The fraction of sp³-hybridized carbons (Fsp3) is 0.625. The molecule has 0 aliphatic carbocycles. The Bertz CT molecular complexity index is 305. The first-order valence-corrected chi connectivity index (χ1v) is 4.17. The molecule has 0 saturated heterocycles. The molecule has 1 aliphatic rings. The van der Waals surface area contributed by atoms with Crippen LogP contribution in [0.2, 0.25) is 0 Å². The van der Waals surface area contributed by atoms with Crippen LogP contribution in [0.25, 0.3) is 0 Å². The summed E-state index contributed by atoms with van der Waals surface area (Å²) >= 11 is 0. The van der Waals surface area contributed by atoms with Crippen LogP contribution < -0.4 is 40.0 Å². The third kappa shape index (κ3) is 2.57.